The lowest BCUT2D eigenvalue weighted by Crippen LogP contribution is -2.13. The smallest absolute Gasteiger partial charge is 0.225 e. The molecule has 0 aliphatic carbocycles. The number of hydrogen-bond donors (Lipinski definition) is 2. The SMILES string of the molecule is NCCSCCC(=O)Nc1cc(Cl)ccc1Cl. The molecule has 0 heterocycles. The van der Waals surface area contributed by atoms with Crippen LogP contribution in [0.1, 0.15) is 6.42 Å². The first-order chi connectivity index (χ1) is 8.13. The van der Waals surface area contributed by atoms with Crippen LogP contribution in [0.3, 0.4) is 0 Å². The quantitative estimate of drug-likeness (QED) is 0.793. The summed E-state index contributed by atoms with van der Waals surface area (Å²) in [5.41, 5.74) is 5.90. The molecule has 1 aromatic rings. The highest BCUT2D eigenvalue weighted by molar-refractivity contribution is 7.99. The molecular formula is C11H14Cl2N2OS. The van der Waals surface area contributed by atoms with Gasteiger partial charge < -0.3 is 11.1 Å². The monoisotopic (exact) mass is 292 g/mol. The van der Waals surface area contributed by atoms with Crippen LogP contribution in [0.2, 0.25) is 10.0 Å². The maximum absolute atomic E-state index is 11.6. The molecule has 1 aromatic carbocycles. The highest BCUT2D eigenvalue weighted by atomic mass is 35.5. The Morgan fingerprint density at radius 1 is 1.35 bits per heavy atom. The van der Waals surface area contributed by atoms with Crippen molar-refractivity contribution in [3.8, 4) is 0 Å². The molecule has 1 rings (SSSR count). The summed E-state index contributed by atoms with van der Waals surface area (Å²) in [6.45, 7) is 0.631. The van der Waals surface area contributed by atoms with Crippen molar-refractivity contribution >= 4 is 46.6 Å². The van der Waals surface area contributed by atoms with E-state index in [1.807, 2.05) is 0 Å². The molecule has 17 heavy (non-hydrogen) atoms. The molecule has 0 saturated carbocycles. The molecule has 0 radical (unpaired) electrons. The summed E-state index contributed by atoms with van der Waals surface area (Å²) >= 11 is 13.4. The van der Waals surface area contributed by atoms with Crippen LogP contribution in [0.4, 0.5) is 5.69 Å². The summed E-state index contributed by atoms with van der Waals surface area (Å²) in [6, 6.07) is 4.97. The summed E-state index contributed by atoms with van der Waals surface area (Å²) in [5, 5.41) is 3.76. The minimum Gasteiger partial charge on any atom is -0.330 e. The average Bonchev–Trinajstić information content (AvgIpc) is 2.29. The number of carbonyl (C=O) groups is 1. The molecule has 94 valence electrons. The van der Waals surface area contributed by atoms with Gasteiger partial charge in [-0.15, -0.1) is 0 Å². The number of hydrogen-bond acceptors (Lipinski definition) is 3. The second-order valence-electron chi connectivity index (χ2n) is 3.32. The third-order valence-electron chi connectivity index (χ3n) is 1.94. The van der Waals surface area contributed by atoms with Gasteiger partial charge in [-0.2, -0.15) is 11.8 Å². The number of nitrogens with two attached hydrogens (primary N) is 1. The molecule has 3 N–H and O–H groups in total. The molecule has 0 aromatic heterocycles. The van der Waals surface area contributed by atoms with Gasteiger partial charge in [0, 0.05) is 29.5 Å². The van der Waals surface area contributed by atoms with E-state index in [2.05, 4.69) is 5.32 Å². The van der Waals surface area contributed by atoms with E-state index < -0.39 is 0 Å². The zero-order valence-electron chi connectivity index (χ0n) is 9.21. The Labute approximate surface area is 115 Å². The fraction of sp³-hybridized carbons (Fsp3) is 0.364. The van der Waals surface area contributed by atoms with Crippen LogP contribution in [0.15, 0.2) is 18.2 Å². The number of thioether (sulfide) groups is 1. The predicted octanol–water partition coefficient (Wildman–Crippen LogP) is 3.01. The maximum Gasteiger partial charge on any atom is 0.225 e. The van der Waals surface area contributed by atoms with Crippen LogP contribution in [0.25, 0.3) is 0 Å². The standard InChI is InChI=1S/C11H14Cl2N2OS/c12-8-1-2-9(13)10(7-8)15-11(16)3-5-17-6-4-14/h1-2,7H,3-6,14H2,(H,15,16). The average molecular weight is 293 g/mol. The van der Waals surface area contributed by atoms with Crippen molar-refractivity contribution in [1.29, 1.82) is 0 Å². The molecule has 0 aliphatic rings. The number of halogens is 2. The Hall–Kier alpha value is -0.420. The first kappa shape index (κ1) is 14.6. The molecule has 0 fully saturated rings. The number of rotatable bonds is 6. The summed E-state index contributed by atoms with van der Waals surface area (Å²) in [7, 11) is 0. The topological polar surface area (TPSA) is 55.1 Å². The van der Waals surface area contributed by atoms with Gasteiger partial charge in [0.15, 0.2) is 0 Å². The molecular weight excluding hydrogens is 279 g/mol. The van der Waals surface area contributed by atoms with Gasteiger partial charge in [-0.3, -0.25) is 4.79 Å². The Morgan fingerprint density at radius 2 is 2.12 bits per heavy atom. The lowest BCUT2D eigenvalue weighted by molar-refractivity contribution is -0.115. The molecule has 0 atom stereocenters. The third-order valence-corrected chi connectivity index (χ3v) is 3.52. The van der Waals surface area contributed by atoms with Gasteiger partial charge >= 0.3 is 0 Å². The van der Waals surface area contributed by atoms with Crippen molar-refractivity contribution in [3.63, 3.8) is 0 Å². The van der Waals surface area contributed by atoms with Crippen LogP contribution in [-0.2, 0) is 4.79 Å². The highest BCUT2D eigenvalue weighted by Crippen LogP contribution is 2.25. The second-order valence-corrected chi connectivity index (χ2v) is 5.39. The zero-order chi connectivity index (χ0) is 12.7. The summed E-state index contributed by atoms with van der Waals surface area (Å²) in [4.78, 5) is 11.6. The number of nitrogens with one attached hydrogen (secondary N) is 1. The van der Waals surface area contributed by atoms with Crippen molar-refractivity contribution in [3.05, 3.63) is 28.2 Å². The number of amides is 1. The predicted molar refractivity (Wildman–Crippen MR) is 76.1 cm³/mol. The largest absolute Gasteiger partial charge is 0.330 e. The van der Waals surface area contributed by atoms with Gasteiger partial charge in [0.25, 0.3) is 0 Å². The Balaban J connectivity index is 2.42. The number of benzene rings is 1. The van der Waals surface area contributed by atoms with E-state index in [-0.39, 0.29) is 5.91 Å². The normalized spacial score (nSPS) is 10.3. The van der Waals surface area contributed by atoms with Crippen LogP contribution < -0.4 is 11.1 Å². The molecule has 0 aliphatic heterocycles. The fourth-order valence-corrected chi connectivity index (χ4v) is 2.19. The summed E-state index contributed by atoms with van der Waals surface area (Å²) < 4.78 is 0. The van der Waals surface area contributed by atoms with Gasteiger partial charge in [0.2, 0.25) is 5.91 Å². The number of anilines is 1. The molecule has 6 heteroatoms. The van der Waals surface area contributed by atoms with E-state index in [0.717, 1.165) is 11.5 Å². The van der Waals surface area contributed by atoms with E-state index in [1.165, 1.54) is 0 Å². The highest BCUT2D eigenvalue weighted by Gasteiger charge is 2.06. The van der Waals surface area contributed by atoms with Gasteiger partial charge in [-0.25, -0.2) is 0 Å². The van der Waals surface area contributed by atoms with Crippen molar-refractivity contribution < 1.29 is 4.79 Å². The van der Waals surface area contributed by atoms with Crippen LogP contribution >= 0.6 is 35.0 Å². The molecule has 3 nitrogen and oxygen atoms in total. The molecule has 0 spiro atoms. The third kappa shape index (κ3) is 5.64. The van der Waals surface area contributed by atoms with Crippen LogP contribution in [0, 0.1) is 0 Å². The van der Waals surface area contributed by atoms with Crippen LogP contribution in [-0.4, -0.2) is 24.0 Å². The van der Waals surface area contributed by atoms with E-state index >= 15 is 0 Å². The van der Waals surface area contributed by atoms with E-state index in [4.69, 9.17) is 28.9 Å². The van der Waals surface area contributed by atoms with Gasteiger partial charge in [-0.05, 0) is 18.2 Å². The van der Waals surface area contributed by atoms with Gasteiger partial charge in [0.1, 0.15) is 0 Å². The minimum atomic E-state index is -0.0707. The second kappa shape index (κ2) is 7.82. The molecule has 0 bridgehead atoms. The van der Waals surface area contributed by atoms with Crippen LogP contribution in [0.5, 0.6) is 0 Å². The Kier molecular flexibility index (Phi) is 6.73. The summed E-state index contributed by atoms with van der Waals surface area (Å²) in [5.74, 6) is 1.55. The van der Waals surface area contributed by atoms with Gasteiger partial charge in [0.05, 0.1) is 10.7 Å². The van der Waals surface area contributed by atoms with Gasteiger partial charge in [-0.1, -0.05) is 23.2 Å². The molecule has 1 amide bonds. The molecule has 0 unspecified atom stereocenters. The molecule has 0 saturated heterocycles. The summed E-state index contributed by atoms with van der Waals surface area (Å²) in [6.07, 6.45) is 0.438. The lowest BCUT2D eigenvalue weighted by Gasteiger charge is -2.07. The first-order valence-corrected chi connectivity index (χ1v) is 7.07. The number of carbonyl (C=O) groups excluding carboxylic acids is 1. The van der Waals surface area contributed by atoms with E-state index in [0.29, 0.717) is 28.7 Å². The van der Waals surface area contributed by atoms with Crippen molar-refractivity contribution in [2.75, 3.05) is 23.4 Å². The fourth-order valence-electron chi connectivity index (χ4n) is 1.16. The van der Waals surface area contributed by atoms with Crippen molar-refractivity contribution in [2.24, 2.45) is 5.73 Å². The Morgan fingerprint density at radius 3 is 2.82 bits per heavy atom. The minimum absolute atomic E-state index is 0.0707. The Bertz CT molecular complexity index is 388. The van der Waals surface area contributed by atoms with E-state index in [1.54, 1.807) is 30.0 Å². The zero-order valence-corrected chi connectivity index (χ0v) is 11.5. The first-order valence-electron chi connectivity index (χ1n) is 5.16. The maximum atomic E-state index is 11.6. The van der Waals surface area contributed by atoms with Crippen molar-refractivity contribution in [1.82, 2.24) is 0 Å². The lowest BCUT2D eigenvalue weighted by atomic mass is 10.3. The van der Waals surface area contributed by atoms with Crippen molar-refractivity contribution in [2.45, 2.75) is 6.42 Å². The van der Waals surface area contributed by atoms with E-state index in [9.17, 15) is 4.79 Å².